The molecule has 3 aliphatic rings. The summed E-state index contributed by atoms with van der Waals surface area (Å²) in [5, 5.41) is 9.42. The highest BCUT2D eigenvalue weighted by Gasteiger charge is 2.49. The molecule has 2 amide bonds. The van der Waals surface area contributed by atoms with Gasteiger partial charge in [-0.15, -0.1) is 5.10 Å². The number of carbonyl (C=O) groups is 2. The summed E-state index contributed by atoms with van der Waals surface area (Å²) in [6.45, 7) is 0. The fraction of sp³-hybridized carbons (Fsp3) is 0.280. The van der Waals surface area contributed by atoms with Crippen LogP contribution in [0.25, 0.3) is 0 Å². The summed E-state index contributed by atoms with van der Waals surface area (Å²) < 4.78 is 1.77. The van der Waals surface area contributed by atoms with E-state index in [9.17, 15) is 9.59 Å². The van der Waals surface area contributed by atoms with Crippen LogP contribution in [0.15, 0.2) is 60.7 Å². The molecule has 1 saturated heterocycles. The van der Waals surface area contributed by atoms with Crippen molar-refractivity contribution in [2.75, 3.05) is 10.2 Å². The Morgan fingerprint density at radius 3 is 1.97 bits per heavy atom. The second-order valence-electron chi connectivity index (χ2n) is 8.90. The molecule has 3 aromatic rings. The number of anilines is 2. The van der Waals surface area contributed by atoms with Crippen LogP contribution < -0.4 is 10.2 Å². The van der Waals surface area contributed by atoms with E-state index in [4.69, 9.17) is 23.2 Å². The quantitative estimate of drug-likeness (QED) is 0.401. The lowest BCUT2D eigenvalue weighted by atomic mass is 9.85. The van der Waals surface area contributed by atoms with Gasteiger partial charge in [0.2, 0.25) is 17.8 Å². The molecule has 0 saturated carbocycles. The Kier molecular flexibility index (Phi) is 5.19. The third-order valence-corrected chi connectivity index (χ3v) is 7.42. The number of nitrogens with zero attached hydrogens (tertiary/aromatic N) is 4. The molecule has 0 spiro atoms. The number of rotatable bonds is 3. The number of aromatic nitrogens is 3. The van der Waals surface area contributed by atoms with Crippen LogP contribution in [0, 0.1) is 11.8 Å². The van der Waals surface area contributed by atoms with Gasteiger partial charge in [0.25, 0.3) is 5.95 Å². The van der Waals surface area contributed by atoms with Crippen molar-refractivity contribution in [1.29, 1.82) is 0 Å². The molecule has 9 heteroatoms. The molecule has 34 heavy (non-hydrogen) atoms. The van der Waals surface area contributed by atoms with Crippen molar-refractivity contribution in [2.24, 2.45) is 11.8 Å². The standard InChI is InChI=1S/C25H21Cl2N5O2/c26-16-9-5-14(6-10-16)20-13-21(15-7-11-17(27)12-8-15)32-24(28-20)29-25(30-32)31-22(33)18-3-1-2-4-19(18)23(31)34/h1-2,5-12,18-21H,3-4,13H2,(H,28,29,30)/t18-,19-,20+,21+/m0/s1. The van der Waals surface area contributed by atoms with Crippen molar-refractivity contribution in [3.63, 3.8) is 0 Å². The number of fused-ring (bicyclic) bond motifs is 2. The second kappa shape index (κ2) is 8.25. The minimum Gasteiger partial charge on any atom is -0.347 e. The van der Waals surface area contributed by atoms with Gasteiger partial charge in [-0.2, -0.15) is 4.98 Å². The van der Waals surface area contributed by atoms with Crippen molar-refractivity contribution >= 4 is 46.9 Å². The number of carbonyl (C=O) groups excluding carboxylic acids is 2. The fourth-order valence-corrected chi connectivity index (χ4v) is 5.39. The molecule has 1 aromatic heterocycles. The molecule has 4 atom stereocenters. The zero-order valence-corrected chi connectivity index (χ0v) is 19.6. The van der Waals surface area contributed by atoms with Gasteiger partial charge in [-0.05, 0) is 54.7 Å². The summed E-state index contributed by atoms with van der Waals surface area (Å²) in [6, 6.07) is 15.1. The second-order valence-corrected chi connectivity index (χ2v) is 9.77. The number of allylic oxidation sites excluding steroid dienone is 2. The Bertz CT molecular complexity index is 1280. The maximum Gasteiger partial charge on any atom is 0.260 e. The lowest BCUT2D eigenvalue weighted by Gasteiger charge is -2.31. The Morgan fingerprint density at radius 1 is 0.824 bits per heavy atom. The molecular weight excluding hydrogens is 473 g/mol. The van der Waals surface area contributed by atoms with Crippen LogP contribution in [0.4, 0.5) is 11.9 Å². The Hall–Kier alpha value is -3.16. The highest BCUT2D eigenvalue weighted by Crippen LogP contribution is 2.41. The van der Waals surface area contributed by atoms with Crippen LogP contribution in [0.2, 0.25) is 10.0 Å². The van der Waals surface area contributed by atoms with Crippen LogP contribution in [-0.2, 0) is 9.59 Å². The first-order valence-corrected chi connectivity index (χ1v) is 12.0. The molecule has 6 rings (SSSR count). The van der Waals surface area contributed by atoms with Gasteiger partial charge in [0.15, 0.2) is 0 Å². The van der Waals surface area contributed by atoms with Crippen molar-refractivity contribution in [3.05, 3.63) is 81.9 Å². The predicted octanol–water partition coefficient (Wildman–Crippen LogP) is 5.19. The van der Waals surface area contributed by atoms with Crippen molar-refractivity contribution in [2.45, 2.75) is 31.3 Å². The summed E-state index contributed by atoms with van der Waals surface area (Å²) in [4.78, 5) is 32.0. The van der Waals surface area contributed by atoms with E-state index in [-0.39, 0.29) is 41.7 Å². The topological polar surface area (TPSA) is 80.1 Å². The van der Waals surface area contributed by atoms with Gasteiger partial charge in [0, 0.05) is 10.0 Å². The van der Waals surface area contributed by atoms with Gasteiger partial charge in [-0.1, -0.05) is 59.6 Å². The number of nitrogens with one attached hydrogen (secondary N) is 1. The van der Waals surface area contributed by atoms with Crippen molar-refractivity contribution in [3.8, 4) is 0 Å². The van der Waals surface area contributed by atoms with Gasteiger partial charge in [-0.3, -0.25) is 9.59 Å². The van der Waals surface area contributed by atoms with E-state index in [2.05, 4.69) is 15.4 Å². The van der Waals surface area contributed by atoms with E-state index in [0.29, 0.717) is 35.3 Å². The van der Waals surface area contributed by atoms with Crippen LogP contribution in [0.5, 0.6) is 0 Å². The summed E-state index contributed by atoms with van der Waals surface area (Å²) in [7, 11) is 0. The zero-order chi connectivity index (χ0) is 23.4. The van der Waals surface area contributed by atoms with E-state index >= 15 is 0 Å². The third-order valence-electron chi connectivity index (χ3n) is 6.91. The molecular formula is C25H21Cl2N5O2. The maximum absolute atomic E-state index is 13.1. The predicted molar refractivity (Wildman–Crippen MR) is 130 cm³/mol. The first kappa shape index (κ1) is 21.4. The average Bonchev–Trinajstić information content (AvgIpc) is 3.38. The first-order valence-electron chi connectivity index (χ1n) is 11.3. The number of imide groups is 1. The Morgan fingerprint density at radius 2 is 1.38 bits per heavy atom. The number of amides is 2. The molecule has 2 aliphatic heterocycles. The van der Waals surface area contributed by atoms with Gasteiger partial charge < -0.3 is 5.32 Å². The van der Waals surface area contributed by atoms with Gasteiger partial charge in [-0.25, -0.2) is 9.58 Å². The average molecular weight is 494 g/mol. The van der Waals surface area contributed by atoms with Crippen molar-refractivity contribution < 1.29 is 9.59 Å². The highest BCUT2D eigenvalue weighted by molar-refractivity contribution is 6.30. The molecule has 3 heterocycles. The number of benzene rings is 2. The third kappa shape index (κ3) is 3.51. The molecule has 1 fully saturated rings. The number of hydrogen-bond donors (Lipinski definition) is 1. The van der Waals surface area contributed by atoms with E-state index < -0.39 is 0 Å². The zero-order valence-electron chi connectivity index (χ0n) is 18.1. The Balaban J connectivity index is 1.40. The summed E-state index contributed by atoms with van der Waals surface area (Å²) >= 11 is 12.2. The maximum atomic E-state index is 13.1. The van der Waals surface area contributed by atoms with Gasteiger partial charge >= 0.3 is 0 Å². The SMILES string of the molecule is O=C1[C@H]2CC=CC[C@@H]2C(=O)N1c1nc2n(n1)[C@@H](c1ccc(Cl)cc1)C[C@H](c1ccc(Cl)cc1)N2. The van der Waals surface area contributed by atoms with E-state index in [1.165, 1.54) is 4.90 Å². The summed E-state index contributed by atoms with van der Waals surface area (Å²) in [5.41, 5.74) is 2.07. The summed E-state index contributed by atoms with van der Waals surface area (Å²) in [6.07, 6.45) is 5.77. The largest absolute Gasteiger partial charge is 0.347 e. The first-order chi connectivity index (χ1) is 16.5. The smallest absolute Gasteiger partial charge is 0.260 e. The van der Waals surface area contributed by atoms with Crippen molar-refractivity contribution in [1.82, 2.24) is 14.8 Å². The van der Waals surface area contributed by atoms with Crippen LogP contribution in [-0.4, -0.2) is 26.6 Å². The van der Waals surface area contributed by atoms with E-state index in [1.54, 1.807) is 4.68 Å². The normalized spacial score (nSPS) is 25.8. The minimum atomic E-state index is -0.333. The molecule has 1 aliphatic carbocycles. The van der Waals surface area contributed by atoms with Crippen LogP contribution in [0.1, 0.15) is 42.5 Å². The molecule has 0 radical (unpaired) electrons. The molecule has 172 valence electrons. The highest BCUT2D eigenvalue weighted by atomic mass is 35.5. The van der Waals surface area contributed by atoms with Gasteiger partial charge in [0.1, 0.15) is 0 Å². The van der Waals surface area contributed by atoms with E-state index in [0.717, 1.165) is 11.1 Å². The molecule has 0 bridgehead atoms. The minimum absolute atomic E-state index is 0.0562. The van der Waals surface area contributed by atoms with Crippen LogP contribution in [0.3, 0.4) is 0 Å². The monoisotopic (exact) mass is 493 g/mol. The van der Waals surface area contributed by atoms with Gasteiger partial charge in [0.05, 0.1) is 23.9 Å². The Labute approximate surface area is 206 Å². The molecule has 0 unspecified atom stereocenters. The molecule has 2 aromatic carbocycles. The molecule has 1 N–H and O–H groups in total. The van der Waals surface area contributed by atoms with Crippen LogP contribution >= 0.6 is 23.2 Å². The number of halogens is 2. The molecule has 7 nitrogen and oxygen atoms in total. The lowest BCUT2D eigenvalue weighted by molar-refractivity contribution is -0.122. The summed E-state index contributed by atoms with van der Waals surface area (Å²) in [5.74, 6) is -0.476. The fourth-order valence-electron chi connectivity index (χ4n) is 5.13. The lowest BCUT2D eigenvalue weighted by Crippen LogP contribution is -2.32. The van der Waals surface area contributed by atoms with E-state index in [1.807, 2.05) is 60.7 Å². The number of hydrogen-bond acceptors (Lipinski definition) is 5.